The van der Waals surface area contributed by atoms with Crippen molar-refractivity contribution in [2.45, 2.75) is 26.4 Å². The number of benzene rings is 1. The molecular weight excluding hydrogens is 228 g/mol. The van der Waals surface area contributed by atoms with Crippen LogP contribution in [0.15, 0.2) is 18.2 Å². The van der Waals surface area contributed by atoms with Crippen molar-refractivity contribution in [3.63, 3.8) is 0 Å². The van der Waals surface area contributed by atoms with E-state index in [0.29, 0.717) is 26.1 Å². The Morgan fingerprint density at radius 2 is 2.22 bits per heavy atom. The summed E-state index contributed by atoms with van der Waals surface area (Å²) in [6.45, 7) is 5.71. The van der Waals surface area contributed by atoms with Crippen LogP contribution in [0.4, 0.5) is 5.69 Å². The monoisotopic (exact) mass is 248 g/mol. The average molecular weight is 248 g/mol. The molecule has 1 heterocycles. The highest BCUT2D eigenvalue weighted by atomic mass is 16.5. The number of aryl methyl sites for hydroxylation is 2. The van der Waals surface area contributed by atoms with E-state index in [1.54, 1.807) is 0 Å². The predicted molar refractivity (Wildman–Crippen MR) is 71.7 cm³/mol. The summed E-state index contributed by atoms with van der Waals surface area (Å²) in [7, 11) is 0. The first-order valence-corrected chi connectivity index (χ1v) is 6.34. The van der Waals surface area contributed by atoms with E-state index in [4.69, 9.17) is 10.5 Å². The maximum Gasteiger partial charge on any atom is 0.256 e. The number of hydrogen-bond acceptors (Lipinski definition) is 3. The number of nitrogens with zero attached hydrogens (tertiary/aromatic N) is 1. The first kappa shape index (κ1) is 13.1. The van der Waals surface area contributed by atoms with Gasteiger partial charge in [0.1, 0.15) is 6.10 Å². The Kier molecular flexibility index (Phi) is 3.99. The van der Waals surface area contributed by atoms with Crippen molar-refractivity contribution in [2.24, 2.45) is 5.73 Å². The molecule has 4 heteroatoms. The van der Waals surface area contributed by atoms with Crippen LogP contribution in [-0.4, -0.2) is 31.7 Å². The molecule has 1 amide bonds. The van der Waals surface area contributed by atoms with Gasteiger partial charge in [0.25, 0.3) is 5.91 Å². The number of amides is 1. The van der Waals surface area contributed by atoms with Crippen LogP contribution in [0, 0.1) is 13.8 Å². The van der Waals surface area contributed by atoms with Gasteiger partial charge in [-0.25, -0.2) is 0 Å². The number of morpholine rings is 1. The molecule has 1 aromatic carbocycles. The Balaban J connectivity index is 2.26. The molecule has 0 spiro atoms. The quantitative estimate of drug-likeness (QED) is 0.879. The van der Waals surface area contributed by atoms with E-state index in [1.807, 2.05) is 24.8 Å². The van der Waals surface area contributed by atoms with Gasteiger partial charge in [-0.2, -0.15) is 0 Å². The second kappa shape index (κ2) is 5.50. The standard InChI is InChI=1S/C14H20N2O2/c1-10-3-4-11(2)12(9-10)16-7-8-18-13(5-6-15)14(16)17/h3-4,9,13H,5-8,15H2,1-2H3. The topological polar surface area (TPSA) is 55.6 Å². The Morgan fingerprint density at radius 3 is 2.94 bits per heavy atom. The van der Waals surface area contributed by atoms with E-state index in [0.717, 1.165) is 16.8 Å². The van der Waals surface area contributed by atoms with Crippen LogP contribution in [0.5, 0.6) is 0 Å². The zero-order chi connectivity index (χ0) is 13.1. The third kappa shape index (κ3) is 2.54. The zero-order valence-electron chi connectivity index (χ0n) is 11.0. The van der Waals surface area contributed by atoms with Crippen LogP contribution >= 0.6 is 0 Å². The SMILES string of the molecule is Cc1ccc(C)c(N2CCOC(CCN)C2=O)c1. The van der Waals surface area contributed by atoms with Crippen molar-refractivity contribution >= 4 is 11.6 Å². The predicted octanol–water partition coefficient (Wildman–Crippen LogP) is 1.38. The van der Waals surface area contributed by atoms with Gasteiger partial charge in [0.15, 0.2) is 0 Å². The minimum Gasteiger partial charge on any atom is -0.366 e. The van der Waals surface area contributed by atoms with Gasteiger partial charge in [0, 0.05) is 12.2 Å². The molecule has 2 N–H and O–H groups in total. The van der Waals surface area contributed by atoms with Crippen LogP contribution in [0.25, 0.3) is 0 Å². The molecule has 4 nitrogen and oxygen atoms in total. The third-order valence-corrected chi connectivity index (χ3v) is 3.26. The summed E-state index contributed by atoms with van der Waals surface area (Å²) >= 11 is 0. The zero-order valence-corrected chi connectivity index (χ0v) is 11.0. The van der Waals surface area contributed by atoms with Crippen molar-refractivity contribution in [2.75, 3.05) is 24.6 Å². The van der Waals surface area contributed by atoms with Crippen molar-refractivity contribution in [3.8, 4) is 0 Å². The van der Waals surface area contributed by atoms with Gasteiger partial charge in [-0.3, -0.25) is 4.79 Å². The molecule has 18 heavy (non-hydrogen) atoms. The summed E-state index contributed by atoms with van der Waals surface area (Å²) in [5, 5.41) is 0. The molecule has 1 aliphatic rings. The molecule has 2 rings (SSSR count). The third-order valence-electron chi connectivity index (χ3n) is 3.26. The number of ether oxygens (including phenoxy) is 1. The molecule has 0 radical (unpaired) electrons. The Hall–Kier alpha value is -1.39. The van der Waals surface area contributed by atoms with Crippen LogP contribution in [0.3, 0.4) is 0 Å². The molecule has 0 saturated carbocycles. The smallest absolute Gasteiger partial charge is 0.256 e. The molecule has 0 bridgehead atoms. The number of carbonyl (C=O) groups excluding carboxylic acids is 1. The van der Waals surface area contributed by atoms with Crippen molar-refractivity contribution in [3.05, 3.63) is 29.3 Å². The lowest BCUT2D eigenvalue weighted by atomic mass is 10.1. The van der Waals surface area contributed by atoms with E-state index in [-0.39, 0.29) is 12.0 Å². The number of nitrogens with two attached hydrogens (primary N) is 1. The molecule has 1 atom stereocenters. The van der Waals surface area contributed by atoms with E-state index in [2.05, 4.69) is 12.1 Å². The highest BCUT2D eigenvalue weighted by Crippen LogP contribution is 2.24. The van der Waals surface area contributed by atoms with Crippen molar-refractivity contribution in [1.82, 2.24) is 0 Å². The summed E-state index contributed by atoms with van der Waals surface area (Å²) in [4.78, 5) is 14.2. The van der Waals surface area contributed by atoms with E-state index >= 15 is 0 Å². The molecule has 1 unspecified atom stereocenters. The van der Waals surface area contributed by atoms with Crippen LogP contribution in [0.1, 0.15) is 17.5 Å². The summed E-state index contributed by atoms with van der Waals surface area (Å²) in [6, 6.07) is 6.16. The van der Waals surface area contributed by atoms with Gasteiger partial charge in [0.2, 0.25) is 0 Å². The van der Waals surface area contributed by atoms with E-state index in [9.17, 15) is 4.79 Å². The first-order chi connectivity index (χ1) is 8.63. The lowest BCUT2D eigenvalue weighted by Crippen LogP contribution is -2.48. The fourth-order valence-electron chi connectivity index (χ4n) is 2.25. The van der Waals surface area contributed by atoms with Gasteiger partial charge < -0.3 is 15.4 Å². The first-order valence-electron chi connectivity index (χ1n) is 6.34. The van der Waals surface area contributed by atoms with Crippen molar-refractivity contribution in [1.29, 1.82) is 0 Å². The Morgan fingerprint density at radius 1 is 1.44 bits per heavy atom. The van der Waals surface area contributed by atoms with Crippen molar-refractivity contribution < 1.29 is 9.53 Å². The second-order valence-electron chi connectivity index (χ2n) is 4.72. The molecule has 1 saturated heterocycles. The Labute approximate surface area is 108 Å². The molecule has 1 aromatic rings. The molecule has 1 fully saturated rings. The fourth-order valence-corrected chi connectivity index (χ4v) is 2.25. The molecular formula is C14H20N2O2. The van der Waals surface area contributed by atoms with E-state index in [1.165, 1.54) is 0 Å². The number of carbonyl (C=O) groups is 1. The summed E-state index contributed by atoms with van der Waals surface area (Å²) < 4.78 is 5.48. The normalized spacial score (nSPS) is 20.3. The number of rotatable bonds is 3. The van der Waals surface area contributed by atoms with Gasteiger partial charge in [-0.1, -0.05) is 12.1 Å². The van der Waals surface area contributed by atoms with Crippen LogP contribution in [0.2, 0.25) is 0 Å². The summed E-state index contributed by atoms with van der Waals surface area (Å²) in [6.07, 6.45) is 0.198. The Bertz CT molecular complexity index is 443. The van der Waals surface area contributed by atoms with E-state index < -0.39 is 0 Å². The lowest BCUT2D eigenvalue weighted by molar-refractivity contribution is -0.134. The second-order valence-corrected chi connectivity index (χ2v) is 4.72. The largest absolute Gasteiger partial charge is 0.366 e. The van der Waals surface area contributed by atoms with Gasteiger partial charge in [0.05, 0.1) is 6.61 Å². The highest BCUT2D eigenvalue weighted by Gasteiger charge is 2.30. The molecule has 0 aromatic heterocycles. The summed E-state index contributed by atoms with van der Waals surface area (Å²) in [5.41, 5.74) is 8.77. The molecule has 0 aliphatic carbocycles. The fraction of sp³-hybridized carbons (Fsp3) is 0.500. The van der Waals surface area contributed by atoms with Crippen LogP contribution < -0.4 is 10.6 Å². The van der Waals surface area contributed by atoms with Gasteiger partial charge in [-0.15, -0.1) is 0 Å². The highest BCUT2D eigenvalue weighted by molar-refractivity contribution is 5.97. The maximum atomic E-state index is 12.3. The molecule has 1 aliphatic heterocycles. The minimum absolute atomic E-state index is 0.0281. The van der Waals surface area contributed by atoms with Crippen LogP contribution in [-0.2, 0) is 9.53 Å². The number of anilines is 1. The summed E-state index contributed by atoms with van der Waals surface area (Å²) in [5.74, 6) is 0.0281. The lowest BCUT2D eigenvalue weighted by Gasteiger charge is -2.33. The van der Waals surface area contributed by atoms with Gasteiger partial charge >= 0.3 is 0 Å². The number of hydrogen-bond donors (Lipinski definition) is 1. The molecule has 98 valence electrons. The van der Waals surface area contributed by atoms with Gasteiger partial charge in [-0.05, 0) is 44.0 Å². The maximum absolute atomic E-state index is 12.3. The minimum atomic E-state index is -0.385. The average Bonchev–Trinajstić information content (AvgIpc) is 2.35.